The van der Waals surface area contributed by atoms with Crippen LogP contribution in [0.15, 0.2) is 77.1 Å². The van der Waals surface area contributed by atoms with Gasteiger partial charge in [0.1, 0.15) is 6.04 Å². The Morgan fingerprint density at radius 1 is 1.21 bits per heavy atom. The predicted molar refractivity (Wildman–Crippen MR) is 133 cm³/mol. The number of rotatable bonds is 7. The molecule has 0 fully saturated rings. The van der Waals surface area contributed by atoms with Gasteiger partial charge in [-0.05, 0) is 38.0 Å². The number of allylic oxidation sites excluding steroid dienone is 2. The van der Waals surface area contributed by atoms with E-state index in [0.29, 0.717) is 33.2 Å². The van der Waals surface area contributed by atoms with Crippen LogP contribution >= 0.6 is 23.4 Å². The lowest BCUT2D eigenvalue weighted by Crippen LogP contribution is -2.29. The molecule has 170 valence electrons. The van der Waals surface area contributed by atoms with Crippen molar-refractivity contribution in [1.29, 1.82) is 0 Å². The number of nitrogens with zero attached hydrogens (tertiary/aromatic N) is 3. The van der Waals surface area contributed by atoms with Crippen LogP contribution in [0.1, 0.15) is 37.9 Å². The zero-order valence-corrected chi connectivity index (χ0v) is 20.2. The first-order valence-corrected chi connectivity index (χ1v) is 12.0. The summed E-state index contributed by atoms with van der Waals surface area (Å²) in [6.07, 6.45) is 3.71. The number of anilines is 1. The summed E-state index contributed by atoms with van der Waals surface area (Å²) in [5, 5.41) is 9.24. The molecule has 0 bridgehead atoms. The average molecular weight is 481 g/mol. The number of benzene rings is 2. The molecule has 1 unspecified atom stereocenters. The van der Waals surface area contributed by atoms with Crippen molar-refractivity contribution >= 4 is 41.4 Å². The van der Waals surface area contributed by atoms with E-state index in [1.807, 2.05) is 87.5 Å². The van der Waals surface area contributed by atoms with Gasteiger partial charge in [0.15, 0.2) is 0 Å². The number of carbonyl (C=O) groups excluding carboxylic acids is 1. The van der Waals surface area contributed by atoms with Gasteiger partial charge >= 0.3 is 5.97 Å². The summed E-state index contributed by atoms with van der Waals surface area (Å²) in [6, 6.07) is 17.2. The molecule has 4 rings (SSSR count). The van der Waals surface area contributed by atoms with Crippen molar-refractivity contribution < 1.29 is 9.53 Å². The SMILES string of the molecule is CC1=C(C(=O)OC(C)C)C(/C=C/c2ccccc2)n2nc(SCc3ccccc3Cl)nc2N1. The number of thioether (sulfide) groups is 1. The topological polar surface area (TPSA) is 69.0 Å². The molecule has 6 nitrogen and oxygen atoms in total. The monoisotopic (exact) mass is 480 g/mol. The molecule has 8 heteroatoms. The van der Waals surface area contributed by atoms with Crippen LogP contribution in [-0.4, -0.2) is 26.8 Å². The molecule has 1 aliphatic rings. The minimum Gasteiger partial charge on any atom is -0.459 e. The molecule has 1 atom stereocenters. The maximum Gasteiger partial charge on any atom is 0.338 e. The van der Waals surface area contributed by atoms with Crippen LogP contribution in [0.25, 0.3) is 6.08 Å². The number of ether oxygens (including phenoxy) is 1. The molecule has 1 aliphatic heterocycles. The Morgan fingerprint density at radius 3 is 2.67 bits per heavy atom. The highest BCUT2D eigenvalue weighted by Crippen LogP contribution is 2.34. The van der Waals surface area contributed by atoms with E-state index in [1.54, 1.807) is 4.68 Å². The minimum absolute atomic E-state index is 0.226. The maximum absolute atomic E-state index is 13.0. The highest BCUT2D eigenvalue weighted by atomic mass is 35.5. The normalized spacial score (nSPS) is 15.6. The number of esters is 1. The number of hydrogen-bond donors (Lipinski definition) is 1. The largest absolute Gasteiger partial charge is 0.459 e. The third-order valence-corrected chi connectivity index (χ3v) is 6.28. The van der Waals surface area contributed by atoms with Crippen LogP contribution < -0.4 is 5.32 Å². The number of hydrogen-bond acceptors (Lipinski definition) is 6. The molecular weight excluding hydrogens is 456 g/mol. The molecule has 1 aromatic heterocycles. The van der Waals surface area contributed by atoms with E-state index < -0.39 is 6.04 Å². The Bertz CT molecular complexity index is 1200. The van der Waals surface area contributed by atoms with Crippen molar-refractivity contribution in [1.82, 2.24) is 14.8 Å². The molecule has 3 aromatic rings. The van der Waals surface area contributed by atoms with Gasteiger partial charge in [0.05, 0.1) is 11.7 Å². The molecule has 1 N–H and O–H groups in total. The van der Waals surface area contributed by atoms with E-state index >= 15 is 0 Å². The summed E-state index contributed by atoms with van der Waals surface area (Å²) in [5.74, 6) is 0.851. The third-order valence-electron chi connectivity index (χ3n) is 5.02. The van der Waals surface area contributed by atoms with Gasteiger partial charge in [-0.2, -0.15) is 4.98 Å². The molecule has 0 spiro atoms. The van der Waals surface area contributed by atoms with Crippen molar-refractivity contribution in [3.05, 3.63) is 88.1 Å². The minimum atomic E-state index is -0.449. The second-order valence-electron chi connectivity index (χ2n) is 7.88. The fraction of sp³-hybridized carbons (Fsp3) is 0.240. The lowest BCUT2D eigenvalue weighted by Gasteiger charge is -2.26. The van der Waals surface area contributed by atoms with E-state index in [9.17, 15) is 4.79 Å². The molecule has 0 saturated heterocycles. The van der Waals surface area contributed by atoms with Crippen LogP contribution in [0.4, 0.5) is 5.95 Å². The number of halogens is 1. The Labute approximate surface area is 202 Å². The third kappa shape index (κ3) is 5.49. The summed E-state index contributed by atoms with van der Waals surface area (Å²) in [7, 11) is 0. The van der Waals surface area contributed by atoms with Gasteiger partial charge in [-0.3, -0.25) is 0 Å². The van der Waals surface area contributed by atoms with Gasteiger partial charge in [0.2, 0.25) is 11.1 Å². The second-order valence-corrected chi connectivity index (χ2v) is 9.22. The van der Waals surface area contributed by atoms with Gasteiger partial charge in [0.25, 0.3) is 0 Å². The first-order valence-electron chi connectivity index (χ1n) is 10.7. The Hall–Kier alpha value is -3.03. The molecule has 2 aromatic carbocycles. The molecule has 0 radical (unpaired) electrons. The Morgan fingerprint density at radius 2 is 1.94 bits per heavy atom. The summed E-state index contributed by atoms with van der Waals surface area (Å²) >= 11 is 7.78. The molecule has 0 aliphatic carbocycles. The number of carbonyl (C=O) groups is 1. The van der Waals surface area contributed by atoms with E-state index in [4.69, 9.17) is 21.4 Å². The number of fused-ring (bicyclic) bond motifs is 1. The van der Waals surface area contributed by atoms with Crippen molar-refractivity contribution in [2.24, 2.45) is 0 Å². The zero-order chi connectivity index (χ0) is 23.4. The Kier molecular flexibility index (Phi) is 7.20. The van der Waals surface area contributed by atoms with E-state index in [1.165, 1.54) is 11.8 Å². The zero-order valence-electron chi connectivity index (χ0n) is 18.7. The van der Waals surface area contributed by atoms with Crippen molar-refractivity contribution in [3.8, 4) is 0 Å². The molecule has 2 heterocycles. The van der Waals surface area contributed by atoms with Gasteiger partial charge in [-0.15, -0.1) is 5.10 Å². The van der Waals surface area contributed by atoms with Gasteiger partial charge in [-0.25, -0.2) is 9.48 Å². The van der Waals surface area contributed by atoms with Crippen LogP contribution in [-0.2, 0) is 15.3 Å². The average Bonchev–Trinajstić information content (AvgIpc) is 3.19. The summed E-state index contributed by atoms with van der Waals surface area (Å²) in [4.78, 5) is 17.6. The molecule has 33 heavy (non-hydrogen) atoms. The predicted octanol–water partition coefficient (Wildman–Crippen LogP) is 6.13. The highest BCUT2D eigenvalue weighted by Gasteiger charge is 2.33. The Balaban J connectivity index is 1.65. The fourth-order valence-electron chi connectivity index (χ4n) is 3.48. The number of nitrogens with one attached hydrogen (secondary N) is 1. The highest BCUT2D eigenvalue weighted by molar-refractivity contribution is 7.98. The van der Waals surface area contributed by atoms with Crippen molar-refractivity contribution in [3.63, 3.8) is 0 Å². The van der Waals surface area contributed by atoms with E-state index in [0.717, 1.165) is 11.1 Å². The summed E-state index contributed by atoms with van der Waals surface area (Å²) < 4.78 is 7.27. The smallest absolute Gasteiger partial charge is 0.338 e. The van der Waals surface area contributed by atoms with Gasteiger partial charge in [0, 0.05) is 16.5 Å². The van der Waals surface area contributed by atoms with E-state index in [-0.39, 0.29) is 12.1 Å². The molecule has 0 saturated carbocycles. The summed E-state index contributed by atoms with van der Waals surface area (Å²) in [6.45, 7) is 5.53. The van der Waals surface area contributed by atoms with Crippen LogP contribution in [0.2, 0.25) is 5.02 Å². The van der Waals surface area contributed by atoms with Crippen molar-refractivity contribution in [2.75, 3.05) is 5.32 Å². The quantitative estimate of drug-likeness (QED) is 0.324. The van der Waals surface area contributed by atoms with Crippen LogP contribution in [0, 0.1) is 0 Å². The van der Waals surface area contributed by atoms with E-state index in [2.05, 4.69) is 10.3 Å². The second kappa shape index (κ2) is 10.3. The first kappa shape index (κ1) is 23.1. The van der Waals surface area contributed by atoms with Crippen LogP contribution in [0.3, 0.4) is 0 Å². The summed E-state index contributed by atoms with van der Waals surface area (Å²) in [5.41, 5.74) is 3.25. The first-order chi connectivity index (χ1) is 15.9. The number of aromatic nitrogens is 3. The van der Waals surface area contributed by atoms with Crippen LogP contribution in [0.5, 0.6) is 0 Å². The molecule has 0 amide bonds. The van der Waals surface area contributed by atoms with Crippen molar-refractivity contribution in [2.45, 2.75) is 43.8 Å². The lowest BCUT2D eigenvalue weighted by molar-refractivity contribution is -0.143. The maximum atomic E-state index is 13.0. The molecular formula is C25H25ClN4O2S. The lowest BCUT2D eigenvalue weighted by atomic mass is 10.0. The van der Waals surface area contributed by atoms with Gasteiger partial charge < -0.3 is 10.1 Å². The standard InChI is InChI=1S/C25H25ClN4O2S/c1-16(2)32-23(31)22-17(3)27-24-28-25(33-15-19-11-7-8-12-20(19)26)29-30(24)21(22)14-13-18-9-5-4-6-10-18/h4-14,16,21H,15H2,1-3H3,(H,27,28,29)/b14-13+. The fourth-order valence-corrected chi connectivity index (χ4v) is 4.59. The van der Waals surface area contributed by atoms with Gasteiger partial charge in [-0.1, -0.05) is 84.0 Å².